The molecule has 0 bridgehead atoms. The van der Waals surface area contributed by atoms with Gasteiger partial charge in [-0.2, -0.15) is 13.2 Å². The monoisotopic (exact) mass is 268 g/mol. The number of carbonyl (C=O) groups is 1. The Balaban J connectivity index is 2.45. The molecular weight excluding hydrogens is 257 g/mol. The van der Waals surface area contributed by atoms with Crippen molar-refractivity contribution in [2.45, 2.75) is 19.6 Å². The van der Waals surface area contributed by atoms with Gasteiger partial charge in [0, 0.05) is 11.9 Å². The van der Waals surface area contributed by atoms with E-state index in [4.69, 9.17) is 0 Å². The first-order chi connectivity index (χ1) is 7.79. The molecular formula is C9H11F3N2O2S. The lowest BCUT2D eigenvalue weighted by Gasteiger charge is -2.17. The van der Waals surface area contributed by atoms with E-state index >= 15 is 0 Å². The third-order valence-corrected chi connectivity index (χ3v) is 2.82. The highest BCUT2D eigenvalue weighted by molar-refractivity contribution is 7.09. The lowest BCUT2D eigenvalue weighted by atomic mass is 10.4. The maximum atomic E-state index is 11.8. The van der Waals surface area contributed by atoms with Gasteiger partial charge in [0.05, 0.1) is 17.7 Å². The van der Waals surface area contributed by atoms with Crippen molar-refractivity contribution in [3.8, 4) is 0 Å². The summed E-state index contributed by atoms with van der Waals surface area (Å²) >= 11 is 1.34. The number of ether oxygens (including phenoxy) is 1. The topological polar surface area (TPSA) is 42.4 Å². The molecule has 1 rings (SSSR count). The van der Waals surface area contributed by atoms with Crippen LogP contribution in [0.2, 0.25) is 0 Å². The van der Waals surface area contributed by atoms with Crippen molar-refractivity contribution < 1.29 is 22.7 Å². The number of rotatable bonds is 3. The Morgan fingerprint density at radius 2 is 2.24 bits per heavy atom. The van der Waals surface area contributed by atoms with E-state index in [1.54, 1.807) is 12.4 Å². The molecule has 1 aromatic rings. The first-order valence-corrected chi connectivity index (χ1v) is 5.51. The number of carbonyl (C=O) groups excluding carboxylic acids is 1. The van der Waals surface area contributed by atoms with Crippen LogP contribution in [-0.4, -0.2) is 35.8 Å². The predicted octanol–water partition coefficient (Wildman–Crippen LogP) is 2.58. The minimum atomic E-state index is -4.50. The second kappa shape index (κ2) is 5.35. The molecule has 17 heavy (non-hydrogen) atoms. The van der Waals surface area contributed by atoms with E-state index in [-0.39, 0.29) is 6.54 Å². The van der Waals surface area contributed by atoms with E-state index in [1.165, 1.54) is 18.4 Å². The van der Waals surface area contributed by atoms with Crippen LogP contribution in [0.25, 0.3) is 0 Å². The molecule has 8 heteroatoms. The molecule has 0 aromatic carbocycles. The van der Waals surface area contributed by atoms with E-state index in [2.05, 4.69) is 9.72 Å². The van der Waals surface area contributed by atoms with E-state index < -0.39 is 18.9 Å². The molecule has 0 aliphatic heterocycles. The summed E-state index contributed by atoms with van der Waals surface area (Å²) in [5.41, 5.74) is 2.37. The molecule has 0 unspecified atom stereocenters. The molecule has 0 N–H and O–H groups in total. The van der Waals surface area contributed by atoms with E-state index in [0.29, 0.717) is 0 Å². The Bertz CT molecular complexity index is 392. The van der Waals surface area contributed by atoms with Crippen molar-refractivity contribution in [1.29, 1.82) is 0 Å². The summed E-state index contributed by atoms with van der Waals surface area (Å²) in [5.74, 6) is 0. The molecule has 0 aliphatic carbocycles. The van der Waals surface area contributed by atoms with E-state index in [0.717, 1.165) is 15.5 Å². The number of thiazole rings is 1. The number of aryl methyl sites for hydroxylation is 1. The fourth-order valence-electron chi connectivity index (χ4n) is 1.01. The lowest BCUT2D eigenvalue weighted by Crippen LogP contribution is -2.30. The highest BCUT2D eigenvalue weighted by Gasteiger charge is 2.30. The Kier molecular flexibility index (Phi) is 4.33. The minimum absolute atomic E-state index is 0.188. The number of halogens is 3. The number of aromatic nitrogens is 1. The maximum absolute atomic E-state index is 11.8. The fraction of sp³-hybridized carbons (Fsp3) is 0.556. The molecule has 0 spiro atoms. The van der Waals surface area contributed by atoms with Crippen molar-refractivity contribution in [3.05, 3.63) is 16.1 Å². The largest absolute Gasteiger partial charge is 0.440 e. The van der Waals surface area contributed by atoms with Crippen LogP contribution in [0.4, 0.5) is 18.0 Å². The zero-order valence-electron chi connectivity index (χ0n) is 9.24. The summed E-state index contributed by atoms with van der Waals surface area (Å²) in [6, 6.07) is 0. The summed E-state index contributed by atoms with van der Waals surface area (Å²) < 4.78 is 39.6. The Morgan fingerprint density at radius 1 is 1.59 bits per heavy atom. The average Bonchev–Trinajstić information content (AvgIpc) is 2.59. The normalized spacial score (nSPS) is 11.4. The number of nitrogens with zero attached hydrogens (tertiary/aromatic N) is 2. The van der Waals surface area contributed by atoms with Crippen molar-refractivity contribution in [2.75, 3.05) is 13.7 Å². The quantitative estimate of drug-likeness (QED) is 0.846. The van der Waals surface area contributed by atoms with Gasteiger partial charge >= 0.3 is 12.3 Å². The molecule has 1 aromatic heterocycles. The molecule has 4 nitrogen and oxygen atoms in total. The summed E-state index contributed by atoms with van der Waals surface area (Å²) in [4.78, 5) is 17.1. The second-order valence-electron chi connectivity index (χ2n) is 3.39. The van der Waals surface area contributed by atoms with Crippen molar-refractivity contribution in [1.82, 2.24) is 9.88 Å². The summed E-state index contributed by atoms with van der Waals surface area (Å²) in [6.07, 6.45) is -5.51. The van der Waals surface area contributed by atoms with Crippen molar-refractivity contribution in [3.63, 3.8) is 0 Å². The fourth-order valence-corrected chi connectivity index (χ4v) is 1.84. The Labute approximate surface area is 100 Å². The van der Waals surface area contributed by atoms with E-state index in [9.17, 15) is 18.0 Å². The molecule has 96 valence electrons. The first kappa shape index (κ1) is 13.8. The van der Waals surface area contributed by atoms with Crippen LogP contribution in [-0.2, 0) is 11.3 Å². The standard InChI is InChI=1S/C9H11F3N2O2S/c1-6-7(17-5-13-6)3-14(2)8(15)16-4-9(10,11)12/h5H,3-4H2,1-2H3. The van der Waals surface area contributed by atoms with Gasteiger partial charge in [-0.1, -0.05) is 0 Å². The van der Waals surface area contributed by atoms with E-state index in [1.807, 2.05) is 0 Å². The molecule has 0 radical (unpaired) electrons. The van der Waals surface area contributed by atoms with Gasteiger partial charge in [-0.3, -0.25) is 0 Å². The minimum Gasteiger partial charge on any atom is -0.440 e. The molecule has 1 heterocycles. The average molecular weight is 268 g/mol. The molecule has 1 amide bonds. The lowest BCUT2D eigenvalue weighted by molar-refractivity contribution is -0.162. The van der Waals surface area contributed by atoms with Crippen molar-refractivity contribution in [2.24, 2.45) is 0 Å². The number of hydrogen-bond donors (Lipinski definition) is 0. The van der Waals surface area contributed by atoms with Crippen LogP contribution in [0.1, 0.15) is 10.6 Å². The van der Waals surface area contributed by atoms with Gasteiger partial charge in [0.2, 0.25) is 0 Å². The molecule has 0 fully saturated rings. The van der Waals surface area contributed by atoms with Crippen molar-refractivity contribution >= 4 is 17.4 Å². The predicted molar refractivity (Wildman–Crippen MR) is 55.7 cm³/mol. The smallest absolute Gasteiger partial charge is 0.422 e. The zero-order chi connectivity index (χ0) is 13.1. The zero-order valence-corrected chi connectivity index (χ0v) is 10.1. The van der Waals surface area contributed by atoms with Gasteiger partial charge < -0.3 is 9.64 Å². The highest BCUT2D eigenvalue weighted by atomic mass is 32.1. The second-order valence-corrected chi connectivity index (χ2v) is 4.33. The SMILES string of the molecule is Cc1ncsc1CN(C)C(=O)OCC(F)(F)F. The third-order valence-electron chi connectivity index (χ3n) is 1.90. The highest BCUT2D eigenvalue weighted by Crippen LogP contribution is 2.17. The molecule has 0 atom stereocenters. The van der Waals surface area contributed by atoms with Gasteiger partial charge in [0.15, 0.2) is 6.61 Å². The Morgan fingerprint density at radius 3 is 2.71 bits per heavy atom. The summed E-state index contributed by atoms with van der Waals surface area (Å²) in [6.45, 7) is 0.381. The van der Waals surface area contributed by atoms with Crippen LogP contribution in [0, 0.1) is 6.92 Å². The molecule has 0 aliphatic rings. The van der Waals surface area contributed by atoms with Crippen LogP contribution in [0.5, 0.6) is 0 Å². The Hall–Kier alpha value is -1.31. The first-order valence-electron chi connectivity index (χ1n) is 4.63. The third kappa shape index (κ3) is 4.59. The molecule has 0 saturated heterocycles. The van der Waals surface area contributed by atoms with Crippen LogP contribution in [0.3, 0.4) is 0 Å². The number of amides is 1. The van der Waals surface area contributed by atoms with Gasteiger partial charge in [0.1, 0.15) is 0 Å². The summed E-state index contributed by atoms with van der Waals surface area (Å²) in [7, 11) is 1.37. The summed E-state index contributed by atoms with van der Waals surface area (Å²) in [5, 5.41) is 0. The van der Waals surface area contributed by atoms with Gasteiger partial charge in [-0.25, -0.2) is 9.78 Å². The van der Waals surface area contributed by atoms with Crippen LogP contribution in [0.15, 0.2) is 5.51 Å². The van der Waals surface area contributed by atoms with Gasteiger partial charge in [-0.05, 0) is 6.92 Å². The van der Waals surface area contributed by atoms with Gasteiger partial charge in [0.25, 0.3) is 0 Å². The van der Waals surface area contributed by atoms with Crippen LogP contribution < -0.4 is 0 Å². The maximum Gasteiger partial charge on any atom is 0.422 e. The number of alkyl halides is 3. The number of hydrogen-bond acceptors (Lipinski definition) is 4. The van der Waals surface area contributed by atoms with Gasteiger partial charge in [-0.15, -0.1) is 11.3 Å². The van der Waals surface area contributed by atoms with Crippen LogP contribution >= 0.6 is 11.3 Å². The molecule has 0 saturated carbocycles.